The van der Waals surface area contributed by atoms with E-state index in [1.165, 1.54) is 0 Å². The Kier molecular flexibility index (Phi) is 9.89. The number of carbonyl (C=O) groups excluding carboxylic acids is 1. The molecular weight excluding hydrogens is 496 g/mol. The average molecular weight is 533 g/mol. The molecule has 0 amide bonds. The second-order valence-corrected chi connectivity index (χ2v) is 10.1. The van der Waals surface area contributed by atoms with E-state index in [2.05, 4.69) is 14.9 Å². The van der Waals surface area contributed by atoms with Crippen molar-refractivity contribution in [2.45, 2.75) is 59.4 Å². The predicted octanol–water partition coefficient (Wildman–Crippen LogP) is 3.20. The molecule has 3 aromatic rings. The molecule has 1 aliphatic rings. The van der Waals surface area contributed by atoms with Crippen LogP contribution in [0.15, 0.2) is 35.3 Å². The number of pyridine rings is 1. The number of fused-ring (bicyclic) bond motifs is 1. The lowest BCUT2D eigenvalue weighted by atomic mass is 10.1. The number of aliphatic hydroxyl groups is 1. The Morgan fingerprint density at radius 2 is 2.11 bits per heavy atom. The molecule has 9 nitrogen and oxygen atoms in total. The van der Waals surface area contributed by atoms with Crippen molar-refractivity contribution >= 4 is 29.4 Å². The van der Waals surface area contributed by atoms with Gasteiger partial charge in [-0.3, -0.25) is 14.9 Å². The molecule has 3 atom stereocenters. The number of aryl methyl sites for hydroxylation is 1. The standard InChI is InChI=1S/C27H36N4O5.ClH/c1-16(2)14-36-27(34)24(18(4)32)28-11-19-5-6-23-22(10-19)30-25(21-9-17(3)26(33)29-12-21)31(23)13-20-7-8-35-15-20;/h5-6,9-10,12,16,18,20,24,28,32H,7-8,11,13-15H2,1-4H3,(H,29,33);1H/t18-,20?,24+;/m1./s1. The van der Waals surface area contributed by atoms with Gasteiger partial charge in [0.2, 0.25) is 0 Å². The molecule has 0 saturated carbocycles. The van der Waals surface area contributed by atoms with Crippen LogP contribution >= 0.6 is 12.4 Å². The summed E-state index contributed by atoms with van der Waals surface area (Å²) in [6.07, 6.45) is 1.81. The number of halogens is 1. The molecular formula is C27H37ClN4O5. The van der Waals surface area contributed by atoms with Crippen molar-refractivity contribution in [1.29, 1.82) is 0 Å². The Morgan fingerprint density at radius 3 is 2.76 bits per heavy atom. The number of hydrogen-bond acceptors (Lipinski definition) is 7. The first-order valence-electron chi connectivity index (χ1n) is 12.6. The first kappa shape index (κ1) is 28.8. The fourth-order valence-electron chi connectivity index (χ4n) is 4.42. The number of aromatic amines is 1. The minimum atomic E-state index is -0.892. The van der Waals surface area contributed by atoms with Gasteiger partial charge in [0.05, 0.1) is 30.4 Å². The van der Waals surface area contributed by atoms with Gasteiger partial charge < -0.3 is 24.1 Å². The summed E-state index contributed by atoms with van der Waals surface area (Å²) < 4.78 is 13.1. The van der Waals surface area contributed by atoms with E-state index in [4.69, 9.17) is 14.5 Å². The Hall–Kier alpha value is -2.72. The van der Waals surface area contributed by atoms with Gasteiger partial charge in [-0.05, 0) is 49.9 Å². The molecule has 1 unspecified atom stereocenters. The number of carbonyl (C=O) groups is 1. The fraction of sp³-hybridized carbons (Fsp3) is 0.519. The maximum Gasteiger partial charge on any atom is 0.325 e. The molecule has 1 fully saturated rings. The van der Waals surface area contributed by atoms with Crippen LogP contribution in [0.3, 0.4) is 0 Å². The van der Waals surface area contributed by atoms with Gasteiger partial charge in [0.15, 0.2) is 0 Å². The average Bonchev–Trinajstić information content (AvgIpc) is 3.47. The molecule has 1 aliphatic heterocycles. The lowest BCUT2D eigenvalue weighted by Crippen LogP contribution is -2.45. The van der Waals surface area contributed by atoms with Crippen molar-refractivity contribution in [3.63, 3.8) is 0 Å². The number of hydrogen-bond donors (Lipinski definition) is 3. The summed E-state index contributed by atoms with van der Waals surface area (Å²) in [5.74, 6) is 0.950. The topological polar surface area (TPSA) is 118 Å². The minimum absolute atomic E-state index is 0. The monoisotopic (exact) mass is 532 g/mol. The second kappa shape index (κ2) is 12.7. The van der Waals surface area contributed by atoms with Gasteiger partial charge in [-0.2, -0.15) is 0 Å². The van der Waals surface area contributed by atoms with Crippen LogP contribution in [-0.4, -0.2) is 57.6 Å². The first-order chi connectivity index (χ1) is 17.2. The highest BCUT2D eigenvalue weighted by atomic mass is 35.5. The highest BCUT2D eigenvalue weighted by Crippen LogP contribution is 2.28. The summed E-state index contributed by atoms with van der Waals surface area (Å²) in [6, 6.07) is 7.06. The van der Waals surface area contributed by atoms with E-state index in [9.17, 15) is 14.7 Å². The van der Waals surface area contributed by atoms with E-state index < -0.39 is 18.1 Å². The summed E-state index contributed by atoms with van der Waals surface area (Å²) in [4.78, 5) is 32.1. The number of nitrogens with one attached hydrogen (secondary N) is 2. The molecule has 2 aromatic heterocycles. The third-order valence-electron chi connectivity index (χ3n) is 6.45. The Morgan fingerprint density at radius 1 is 1.32 bits per heavy atom. The molecule has 4 rings (SSSR count). The first-order valence-corrected chi connectivity index (χ1v) is 12.6. The van der Waals surface area contributed by atoms with Gasteiger partial charge in [-0.1, -0.05) is 19.9 Å². The third-order valence-corrected chi connectivity index (χ3v) is 6.45. The molecule has 1 saturated heterocycles. The molecule has 0 aliphatic carbocycles. The smallest absolute Gasteiger partial charge is 0.325 e. The van der Waals surface area contributed by atoms with Crippen molar-refractivity contribution in [2.24, 2.45) is 11.8 Å². The number of imidazole rings is 1. The Bertz CT molecular complexity index is 1260. The van der Waals surface area contributed by atoms with E-state index in [0.29, 0.717) is 24.6 Å². The Balaban J connectivity index is 0.00000380. The molecule has 3 heterocycles. The van der Waals surface area contributed by atoms with Crippen molar-refractivity contribution in [3.8, 4) is 11.4 Å². The molecule has 37 heavy (non-hydrogen) atoms. The molecule has 10 heteroatoms. The number of esters is 1. The van der Waals surface area contributed by atoms with Crippen LogP contribution in [0.2, 0.25) is 0 Å². The summed E-state index contributed by atoms with van der Waals surface area (Å²) >= 11 is 0. The number of ether oxygens (including phenoxy) is 2. The largest absolute Gasteiger partial charge is 0.464 e. The molecule has 0 bridgehead atoms. The van der Waals surface area contributed by atoms with Crippen LogP contribution < -0.4 is 10.9 Å². The number of aromatic nitrogens is 3. The van der Waals surface area contributed by atoms with Gasteiger partial charge in [-0.25, -0.2) is 4.98 Å². The molecule has 3 N–H and O–H groups in total. The molecule has 1 aromatic carbocycles. The quantitative estimate of drug-likeness (QED) is 0.343. The van der Waals surface area contributed by atoms with E-state index in [1.807, 2.05) is 38.1 Å². The van der Waals surface area contributed by atoms with Gasteiger partial charge in [0, 0.05) is 42.9 Å². The van der Waals surface area contributed by atoms with Gasteiger partial charge in [0.25, 0.3) is 5.56 Å². The van der Waals surface area contributed by atoms with Crippen molar-refractivity contribution in [3.05, 3.63) is 51.9 Å². The number of H-pyrrole nitrogens is 1. The summed E-state index contributed by atoms with van der Waals surface area (Å²) in [5, 5.41) is 13.3. The predicted molar refractivity (Wildman–Crippen MR) is 145 cm³/mol. The second-order valence-electron chi connectivity index (χ2n) is 10.1. The summed E-state index contributed by atoms with van der Waals surface area (Å²) in [7, 11) is 0. The van der Waals surface area contributed by atoms with E-state index in [-0.39, 0.29) is 23.9 Å². The maximum absolute atomic E-state index is 12.4. The maximum atomic E-state index is 12.4. The fourth-order valence-corrected chi connectivity index (χ4v) is 4.42. The zero-order valence-corrected chi connectivity index (χ0v) is 22.6. The van der Waals surface area contributed by atoms with Crippen molar-refractivity contribution in [1.82, 2.24) is 19.9 Å². The lowest BCUT2D eigenvalue weighted by molar-refractivity contribution is -0.150. The molecule has 0 radical (unpaired) electrons. The van der Waals surface area contributed by atoms with Crippen LogP contribution in [0, 0.1) is 18.8 Å². The number of rotatable bonds is 10. The summed E-state index contributed by atoms with van der Waals surface area (Å²) in [6.45, 7) is 10.2. The van der Waals surface area contributed by atoms with Gasteiger partial charge in [0.1, 0.15) is 11.9 Å². The minimum Gasteiger partial charge on any atom is -0.464 e. The molecule has 202 valence electrons. The number of aliphatic hydroxyl groups excluding tert-OH is 1. The van der Waals surface area contributed by atoms with Crippen LogP contribution in [-0.2, 0) is 27.4 Å². The molecule has 0 spiro atoms. The van der Waals surface area contributed by atoms with Crippen molar-refractivity contribution in [2.75, 3.05) is 19.8 Å². The zero-order chi connectivity index (χ0) is 25.8. The third kappa shape index (κ3) is 6.98. The highest BCUT2D eigenvalue weighted by Gasteiger charge is 2.25. The Labute approximate surface area is 223 Å². The van der Waals surface area contributed by atoms with Crippen molar-refractivity contribution < 1.29 is 19.4 Å². The van der Waals surface area contributed by atoms with Crippen LogP contribution in [0.5, 0.6) is 0 Å². The van der Waals surface area contributed by atoms with E-state index >= 15 is 0 Å². The highest BCUT2D eigenvalue weighted by molar-refractivity contribution is 5.85. The zero-order valence-electron chi connectivity index (χ0n) is 21.8. The van der Waals surface area contributed by atoms with Crippen LogP contribution in [0.4, 0.5) is 0 Å². The van der Waals surface area contributed by atoms with Crippen LogP contribution in [0.25, 0.3) is 22.4 Å². The van der Waals surface area contributed by atoms with E-state index in [0.717, 1.165) is 54.2 Å². The van der Waals surface area contributed by atoms with Crippen LogP contribution in [0.1, 0.15) is 38.3 Å². The SMILES string of the molecule is Cc1cc(-c2nc3cc(CN[C@H](C(=O)OCC(C)C)[C@@H](C)O)ccc3n2CC2CCOC2)c[nH]c1=O.Cl. The summed E-state index contributed by atoms with van der Waals surface area (Å²) in [5.41, 5.74) is 4.12. The number of nitrogens with zero attached hydrogens (tertiary/aromatic N) is 2. The van der Waals surface area contributed by atoms with Gasteiger partial charge in [-0.15, -0.1) is 12.4 Å². The lowest BCUT2D eigenvalue weighted by Gasteiger charge is -2.20. The normalized spacial score (nSPS) is 17.1. The van der Waals surface area contributed by atoms with E-state index in [1.54, 1.807) is 20.0 Å². The van der Waals surface area contributed by atoms with Gasteiger partial charge >= 0.3 is 5.97 Å². The number of benzene rings is 1.